The molecule has 2 N–H and O–H groups in total. The van der Waals surface area contributed by atoms with Gasteiger partial charge in [-0.15, -0.1) is 0 Å². The Kier molecular flexibility index (Phi) is 6.53. The van der Waals surface area contributed by atoms with E-state index in [4.69, 9.17) is 26.8 Å². The van der Waals surface area contributed by atoms with Crippen LogP contribution in [-0.2, 0) is 9.53 Å². The Bertz CT molecular complexity index is 578. The summed E-state index contributed by atoms with van der Waals surface area (Å²) in [6, 6.07) is 7.48. The molecule has 0 saturated carbocycles. The molecule has 1 aromatic carbocycles. The summed E-state index contributed by atoms with van der Waals surface area (Å²) in [4.78, 5) is 16.7. The van der Waals surface area contributed by atoms with Crippen molar-refractivity contribution in [3.05, 3.63) is 29.3 Å². The normalized spacial score (nSPS) is 24.5. The van der Waals surface area contributed by atoms with Crippen LogP contribution in [0.25, 0.3) is 0 Å². The van der Waals surface area contributed by atoms with Gasteiger partial charge >= 0.3 is 0 Å². The Morgan fingerprint density at radius 3 is 2.68 bits per heavy atom. The molecule has 2 atom stereocenters. The maximum Gasteiger partial charge on any atom is 0.251 e. The quantitative estimate of drug-likeness (QED) is 0.822. The van der Waals surface area contributed by atoms with Gasteiger partial charge in [-0.1, -0.05) is 23.7 Å². The molecule has 0 spiro atoms. The molecule has 2 aliphatic heterocycles. The Balaban J connectivity index is 1.37. The second kappa shape index (κ2) is 8.85. The molecule has 7 heteroatoms. The highest BCUT2D eigenvalue weighted by molar-refractivity contribution is 6.32. The molecule has 25 heavy (non-hydrogen) atoms. The molecule has 138 valence electrons. The Hall–Kier alpha value is -1.34. The van der Waals surface area contributed by atoms with Gasteiger partial charge in [0.2, 0.25) is 0 Å². The van der Waals surface area contributed by atoms with E-state index in [1.807, 2.05) is 29.2 Å². The first-order chi connectivity index (χ1) is 12.2. The van der Waals surface area contributed by atoms with Crippen LogP contribution in [0.4, 0.5) is 0 Å². The monoisotopic (exact) mass is 367 g/mol. The lowest BCUT2D eigenvalue weighted by Crippen LogP contribution is -2.52. The third-order valence-corrected chi connectivity index (χ3v) is 5.14. The van der Waals surface area contributed by atoms with Crippen LogP contribution in [0.2, 0.25) is 5.02 Å². The lowest BCUT2D eigenvalue weighted by atomic mass is 10.1. The zero-order valence-corrected chi connectivity index (χ0v) is 15.2. The van der Waals surface area contributed by atoms with Gasteiger partial charge in [0, 0.05) is 39.3 Å². The van der Waals surface area contributed by atoms with E-state index in [-0.39, 0.29) is 18.1 Å². The zero-order chi connectivity index (χ0) is 17.6. The van der Waals surface area contributed by atoms with Crippen molar-refractivity contribution in [2.75, 3.05) is 45.9 Å². The van der Waals surface area contributed by atoms with Crippen molar-refractivity contribution in [2.45, 2.75) is 25.0 Å². The summed E-state index contributed by atoms with van der Waals surface area (Å²) in [6.07, 6.45) is 1.40. The highest BCUT2D eigenvalue weighted by atomic mass is 35.5. The fourth-order valence-corrected chi connectivity index (χ4v) is 3.49. The number of halogens is 1. The highest BCUT2D eigenvalue weighted by Gasteiger charge is 2.33. The molecular formula is C18H26ClN3O3. The average molecular weight is 368 g/mol. The van der Waals surface area contributed by atoms with Crippen molar-refractivity contribution in [1.29, 1.82) is 0 Å². The van der Waals surface area contributed by atoms with E-state index in [1.54, 1.807) is 0 Å². The minimum Gasteiger partial charge on any atom is -0.491 e. The first-order valence-corrected chi connectivity index (χ1v) is 9.29. The zero-order valence-electron chi connectivity index (χ0n) is 14.4. The summed E-state index contributed by atoms with van der Waals surface area (Å²) >= 11 is 6.08. The van der Waals surface area contributed by atoms with Gasteiger partial charge in [-0.05, 0) is 25.0 Å². The molecule has 1 amide bonds. The minimum absolute atomic E-state index is 0.0391. The Labute approximate surface area is 153 Å². The van der Waals surface area contributed by atoms with Crippen LogP contribution in [-0.4, -0.2) is 73.8 Å². The number of para-hydroxylation sites is 1. The summed E-state index contributed by atoms with van der Waals surface area (Å²) in [7, 11) is 0. The van der Waals surface area contributed by atoms with Gasteiger partial charge in [0.25, 0.3) is 5.91 Å². The molecule has 6 nitrogen and oxygen atoms in total. The van der Waals surface area contributed by atoms with Crippen molar-refractivity contribution in [1.82, 2.24) is 9.80 Å². The first-order valence-electron chi connectivity index (χ1n) is 8.91. The van der Waals surface area contributed by atoms with Crippen LogP contribution >= 0.6 is 11.6 Å². The van der Waals surface area contributed by atoms with Gasteiger partial charge in [0.15, 0.2) is 0 Å². The number of benzene rings is 1. The van der Waals surface area contributed by atoms with Gasteiger partial charge in [0.1, 0.15) is 18.5 Å². The topological polar surface area (TPSA) is 68.0 Å². The van der Waals surface area contributed by atoms with E-state index < -0.39 is 0 Å². The predicted octanol–water partition coefficient (Wildman–Crippen LogP) is 1.37. The Morgan fingerprint density at radius 2 is 2.00 bits per heavy atom. The van der Waals surface area contributed by atoms with Crippen LogP contribution < -0.4 is 10.5 Å². The second-order valence-electron chi connectivity index (χ2n) is 6.51. The molecule has 0 unspecified atom stereocenters. The van der Waals surface area contributed by atoms with E-state index >= 15 is 0 Å². The highest BCUT2D eigenvalue weighted by Crippen LogP contribution is 2.23. The molecule has 0 aromatic heterocycles. The molecule has 0 aliphatic carbocycles. The van der Waals surface area contributed by atoms with Gasteiger partial charge < -0.3 is 20.1 Å². The number of carbonyl (C=O) groups is 1. The summed E-state index contributed by atoms with van der Waals surface area (Å²) in [5.41, 5.74) is 5.61. The van der Waals surface area contributed by atoms with Crippen LogP contribution in [0.3, 0.4) is 0 Å². The summed E-state index contributed by atoms with van der Waals surface area (Å²) in [5, 5.41) is 0.630. The molecule has 2 aliphatic rings. The number of piperazine rings is 1. The van der Waals surface area contributed by atoms with Crippen LogP contribution in [0.5, 0.6) is 5.75 Å². The van der Waals surface area contributed by atoms with Gasteiger partial charge in [-0.25, -0.2) is 0 Å². The van der Waals surface area contributed by atoms with E-state index in [0.717, 1.165) is 45.6 Å². The van der Waals surface area contributed by atoms with Crippen molar-refractivity contribution >= 4 is 17.5 Å². The van der Waals surface area contributed by atoms with Crippen LogP contribution in [0.15, 0.2) is 24.3 Å². The van der Waals surface area contributed by atoms with E-state index in [0.29, 0.717) is 23.9 Å². The first kappa shape index (κ1) is 18.5. The van der Waals surface area contributed by atoms with Gasteiger partial charge in [-0.2, -0.15) is 0 Å². The molecule has 0 bridgehead atoms. The van der Waals surface area contributed by atoms with E-state index in [9.17, 15) is 4.79 Å². The molecule has 2 saturated heterocycles. The molecule has 0 radical (unpaired) electrons. The average Bonchev–Trinajstić information content (AvgIpc) is 3.12. The fourth-order valence-electron chi connectivity index (χ4n) is 3.30. The van der Waals surface area contributed by atoms with Crippen molar-refractivity contribution < 1.29 is 14.3 Å². The van der Waals surface area contributed by atoms with Gasteiger partial charge in [0.05, 0.1) is 11.1 Å². The van der Waals surface area contributed by atoms with Crippen LogP contribution in [0.1, 0.15) is 12.8 Å². The maximum atomic E-state index is 12.5. The van der Waals surface area contributed by atoms with E-state index in [1.165, 1.54) is 0 Å². The number of hydrogen-bond acceptors (Lipinski definition) is 5. The van der Waals surface area contributed by atoms with Crippen molar-refractivity contribution in [3.63, 3.8) is 0 Å². The number of nitrogens with two attached hydrogens (primary N) is 1. The number of rotatable bonds is 6. The number of amides is 1. The standard InChI is InChI=1S/C18H26ClN3O3/c19-15-3-1-2-4-16(15)24-12-11-21-7-9-22(10-8-21)18(23)17-6-5-14(13-20)25-17/h1-4,14,17H,5-13,20H2/t14-,17+/m1/s1. The maximum absolute atomic E-state index is 12.5. The fraction of sp³-hybridized carbons (Fsp3) is 0.611. The number of hydrogen-bond donors (Lipinski definition) is 1. The number of carbonyl (C=O) groups excluding carboxylic acids is 1. The summed E-state index contributed by atoms with van der Waals surface area (Å²) in [5.74, 6) is 0.828. The lowest BCUT2D eigenvalue weighted by Gasteiger charge is -2.35. The van der Waals surface area contributed by atoms with Crippen LogP contribution in [0, 0.1) is 0 Å². The van der Waals surface area contributed by atoms with Crippen molar-refractivity contribution in [3.8, 4) is 5.75 Å². The molecular weight excluding hydrogens is 342 g/mol. The molecule has 3 rings (SSSR count). The van der Waals surface area contributed by atoms with Crippen molar-refractivity contribution in [2.24, 2.45) is 5.73 Å². The largest absolute Gasteiger partial charge is 0.491 e. The SMILES string of the molecule is NC[C@H]1CC[C@@H](C(=O)N2CCN(CCOc3ccccc3Cl)CC2)O1. The second-order valence-corrected chi connectivity index (χ2v) is 6.91. The smallest absolute Gasteiger partial charge is 0.251 e. The lowest BCUT2D eigenvalue weighted by molar-refractivity contribution is -0.144. The van der Waals surface area contributed by atoms with E-state index in [2.05, 4.69) is 4.90 Å². The summed E-state index contributed by atoms with van der Waals surface area (Å²) < 4.78 is 11.4. The molecule has 1 aromatic rings. The summed E-state index contributed by atoms with van der Waals surface area (Å²) in [6.45, 7) is 5.07. The number of nitrogens with zero attached hydrogens (tertiary/aromatic N) is 2. The minimum atomic E-state index is -0.302. The Morgan fingerprint density at radius 1 is 1.24 bits per heavy atom. The third kappa shape index (κ3) is 4.85. The molecule has 2 heterocycles. The molecule has 2 fully saturated rings. The predicted molar refractivity (Wildman–Crippen MR) is 96.9 cm³/mol. The third-order valence-electron chi connectivity index (χ3n) is 4.83. The number of ether oxygens (including phenoxy) is 2. The van der Waals surface area contributed by atoms with Gasteiger partial charge in [-0.3, -0.25) is 9.69 Å².